The summed E-state index contributed by atoms with van der Waals surface area (Å²) in [7, 11) is -0.727. The number of rotatable bonds is 6. The van der Waals surface area contributed by atoms with Gasteiger partial charge >= 0.3 is 12.1 Å². The SMILES string of the molecule is COC(=O)/C=C\[C@H]1[C@H](O[Si](C)(C)C(C)(C)C)CCCN1C(=O)OCc1ccccc1. The number of benzene rings is 1. The molecule has 1 heterocycles. The zero-order valence-corrected chi connectivity index (χ0v) is 20.0. The van der Waals surface area contributed by atoms with Crippen molar-refractivity contribution in [2.45, 2.75) is 70.5 Å². The van der Waals surface area contributed by atoms with E-state index < -0.39 is 20.4 Å². The summed E-state index contributed by atoms with van der Waals surface area (Å²) < 4.78 is 17.0. The van der Waals surface area contributed by atoms with Crippen LogP contribution in [0.2, 0.25) is 18.1 Å². The Morgan fingerprint density at radius 2 is 1.87 bits per heavy atom. The number of methoxy groups -OCH3 is 1. The Morgan fingerprint density at radius 3 is 2.47 bits per heavy atom. The van der Waals surface area contributed by atoms with Crippen LogP contribution in [0.15, 0.2) is 42.5 Å². The molecule has 0 spiro atoms. The van der Waals surface area contributed by atoms with E-state index in [2.05, 4.69) is 33.9 Å². The van der Waals surface area contributed by atoms with Gasteiger partial charge in [-0.05, 0) is 36.5 Å². The van der Waals surface area contributed by atoms with Crippen molar-refractivity contribution in [3.8, 4) is 0 Å². The third-order valence-corrected chi connectivity index (χ3v) is 10.5. The lowest BCUT2D eigenvalue weighted by molar-refractivity contribution is -0.134. The number of carbonyl (C=O) groups excluding carboxylic acids is 2. The maximum absolute atomic E-state index is 12.9. The fourth-order valence-electron chi connectivity index (χ4n) is 3.16. The van der Waals surface area contributed by atoms with Crippen LogP contribution in [-0.4, -0.2) is 51.1 Å². The first-order valence-electron chi connectivity index (χ1n) is 10.5. The Morgan fingerprint density at radius 1 is 1.20 bits per heavy atom. The Labute approximate surface area is 181 Å². The molecule has 6 nitrogen and oxygen atoms in total. The zero-order valence-electron chi connectivity index (χ0n) is 19.0. The Bertz CT molecular complexity index is 742. The summed E-state index contributed by atoms with van der Waals surface area (Å²) in [6.07, 6.45) is 4.14. The van der Waals surface area contributed by atoms with Gasteiger partial charge in [-0.1, -0.05) is 57.2 Å². The van der Waals surface area contributed by atoms with Gasteiger partial charge in [0, 0.05) is 12.6 Å². The lowest BCUT2D eigenvalue weighted by Gasteiger charge is -2.45. The summed E-state index contributed by atoms with van der Waals surface area (Å²) in [6, 6.07) is 9.20. The predicted octanol–water partition coefficient (Wildman–Crippen LogP) is 4.91. The van der Waals surface area contributed by atoms with Crippen molar-refractivity contribution in [1.82, 2.24) is 4.90 Å². The van der Waals surface area contributed by atoms with Crippen molar-refractivity contribution < 1.29 is 23.5 Å². The fraction of sp³-hybridized carbons (Fsp3) is 0.565. The fourth-order valence-corrected chi connectivity index (χ4v) is 4.52. The number of amides is 1. The van der Waals surface area contributed by atoms with E-state index in [-0.39, 0.29) is 23.8 Å². The van der Waals surface area contributed by atoms with Crippen molar-refractivity contribution in [2.75, 3.05) is 13.7 Å². The van der Waals surface area contributed by atoms with Gasteiger partial charge in [0.25, 0.3) is 0 Å². The van der Waals surface area contributed by atoms with Crippen molar-refractivity contribution >= 4 is 20.4 Å². The van der Waals surface area contributed by atoms with Gasteiger partial charge in [-0.25, -0.2) is 9.59 Å². The van der Waals surface area contributed by atoms with Gasteiger partial charge in [0.1, 0.15) is 6.61 Å². The van der Waals surface area contributed by atoms with Crippen molar-refractivity contribution in [3.63, 3.8) is 0 Å². The monoisotopic (exact) mass is 433 g/mol. The standard InChI is InChI=1S/C23H35NO5Si/c1-23(2,3)30(5,6)29-20-13-10-16-24(19(20)14-15-21(25)27-4)22(26)28-17-18-11-8-7-9-12-18/h7-9,11-12,14-15,19-20H,10,13,16-17H2,1-6H3/b15-14-/t19-,20+/m0/s1. The van der Waals surface area contributed by atoms with E-state index in [9.17, 15) is 9.59 Å². The molecule has 0 saturated carbocycles. The molecule has 1 aliphatic heterocycles. The van der Waals surface area contributed by atoms with Crippen molar-refractivity contribution in [2.24, 2.45) is 0 Å². The first-order valence-corrected chi connectivity index (χ1v) is 13.4. The molecule has 1 amide bonds. The van der Waals surface area contributed by atoms with Gasteiger partial charge < -0.3 is 13.9 Å². The molecule has 2 atom stereocenters. The molecule has 1 aliphatic rings. The lowest BCUT2D eigenvalue weighted by Crippen LogP contribution is -2.55. The molecule has 0 radical (unpaired) electrons. The summed E-state index contributed by atoms with van der Waals surface area (Å²) in [4.78, 5) is 26.3. The van der Waals surface area contributed by atoms with E-state index >= 15 is 0 Å². The minimum atomic E-state index is -2.06. The second-order valence-electron chi connectivity index (χ2n) is 9.17. The highest BCUT2D eigenvalue weighted by molar-refractivity contribution is 6.74. The molecule has 2 rings (SSSR count). The molecule has 0 bridgehead atoms. The van der Waals surface area contributed by atoms with E-state index in [4.69, 9.17) is 13.9 Å². The van der Waals surface area contributed by atoms with E-state index in [0.29, 0.717) is 6.54 Å². The van der Waals surface area contributed by atoms with Crippen LogP contribution in [0.1, 0.15) is 39.2 Å². The molecular formula is C23H35NO5Si. The summed E-state index contributed by atoms with van der Waals surface area (Å²) >= 11 is 0. The third-order valence-electron chi connectivity index (χ3n) is 5.95. The number of hydrogen-bond donors (Lipinski definition) is 0. The third kappa shape index (κ3) is 6.44. The predicted molar refractivity (Wildman–Crippen MR) is 120 cm³/mol. The molecule has 1 aromatic rings. The van der Waals surface area contributed by atoms with E-state index in [1.807, 2.05) is 30.3 Å². The first-order chi connectivity index (χ1) is 14.0. The second-order valence-corrected chi connectivity index (χ2v) is 13.9. The molecule has 166 valence electrons. The topological polar surface area (TPSA) is 65.1 Å². The maximum atomic E-state index is 12.9. The molecule has 0 unspecified atom stereocenters. The molecular weight excluding hydrogens is 398 g/mol. The van der Waals surface area contributed by atoms with Crippen LogP contribution in [0, 0.1) is 0 Å². The molecule has 1 saturated heterocycles. The summed E-state index contributed by atoms with van der Waals surface area (Å²) in [6.45, 7) is 11.7. The van der Waals surface area contributed by atoms with Crippen LogP contribution >= 0.6 is 0 Å². The number of piperidine rings is 1. The minimum Gasteiger partial charge on any atom is -0.466 e. The maximum Gasteiger partial charge on any atom is 0.410 e. The van der Waals surface area contributed by atoms with Crippen molar-refractivity contribution in [1.29, 1.82) is 0 Å². The normalized spacial score (nSPS) is 20.3. The molecule has 0 aliphatic carbocycles. The Hall–Kier alpha value is -2.12. The molecule has 30 heavy (non-hydrogen) atoms. The second kappa shape index (κ2) is 10.3. The number of likely N-dealkylation sites (tertiary alicyclic amines) is 1. The summed E-state index contributed by atoms with van der Waals surface area (Å²) in [5, 5.41) is 0.0414. The minimum absolute atomic E-state index is 0.0414. The summed E-state index contributed by atoms with van der Waals surface area (Å²) in [5.41, 5.74) is 0.929. The van der Waals surface area contributed by atoms with Crippen molar-refractivity contribution in [3.05, 3.63) is 48.0 Å². The lowest BCUT2D eigenvalue weighted by atomic mass is 9.99. The average molecular weight is 434 g/mol. The van der Waals surface area contributed by atoms with Crippen LogP contribution in [0.4, 0.5) is 4.79 Å². The van der Waals surface area contributed by atoms with Gasteiger partial charge in [-0.3, -0.25) is 4.90 Å². The molecule has 7 heteroatoms. The summed E-state index contributed by atoms with van der Waals surface area (Å²) in [5.74, 6) is -0.454. The highest BCUT2D eigenvalue weighted by Crippen LogP contribution is 2.39. The van der Waals surface area contributed by atoms with E-state index in [0.717, 1.165) is 18.4 Å². The molecule has 1 aromatic carbocycles. The molecule has 1 fully saturated rings. The van der Waals surface area contributed by atoms with Crippen LogP contribution < -0.4 is 0 Å². The first kappa shape index (κ1) is 24.1. The smallest absolute Gasteiger partial charge is 0.410 e. The molecule has 0 N–H and O–H groups in total. The number of nitrogens with zero attached hydrogens (tertiary/aromatic N) is 1. The van der Waals surface area contributed by atoms with Gasteiger partial charge in [-0.2, -0.15) is 0 Å². The van der Waals surface area contributed by atoms with Crippen LogP contribution in [0.25, 0.3) is 0 Å². The van der Waals surface area contributed by atoms with Gasteiger partial charge in [-0.15, -0.1) is 0 Å². The van der Waals surface area contributed by atoms with Gasteiger partial charge in [0.2, 0.25) is 0 Å². The largest absolute Gasteiger partial charge is 0.466 e. The van der Waals surface area contributed by atoms with Gasteiger partial charge in [0.15, 0.2) is 8.32 Å². The number of hydrogen-bond acceptors (Lipinski definition) is 5. The van der Waals surface area contributed by atoms with Gasteiger partial charge in [0.05, 0.1) is 19.3 Å². The highest BCUT2D eigenvalue weighted by Gasteiger charge is 2.43. The Balaban J connectivity index is 2.20. The quantitative estimate of drug-likeness (QED) is 0.362. The average Bonchev–Trinajstić information content (AvgIpc) is 2.70. The molecule has 0 aromatic heterocycles. The number of ether oxygens (including phenoxy) is 2. The van der Waals surface area contributed by atoms with E-state index in [1.54, 1.807) is 11.0 Å². The highest BCUT2D eigenvalue weighted by atomic mass is 28.4. The zero-order chi connectivity index (χ0) is 22.4. The Kier molecular flexibility index (Phi) is 8.26. The number of carbonyl (C=O) groups is 2. The number of esters is 1. The van der Waals surface area contributed by atoms with Crippen LogP contribution in [-0.2, 0) is 25.3 Å². The van der Waals surface area contributed by atoms with Crippen LogP contribution in [0.5, 0.6) is 0 Å². The van der Waals surface area contributed by atoms with E-state index in [1.165, 1.54) is 13.2 Å². The van der Waals surface area contributed by atoms with Crippen LogP contribution in [0.3, 0.4) is 0 Å².